The Morgan fingerprint density at radius 3 is 2.44 bits per heavy atom. The molecule has 1 N–H and O–H groups in total. The molecule has 0 spiro atoms. The number of ether oxygens (including phenoxy) is 1. The molecular weight excluding hydrogens is 226 g/mol. The Labute approximate surface area is 106 Å². The van der Waals surface area contributed by atoms with Crippen LogP contribution in [0.2, 0.25) is 0 Å². The fraction of sp³-hybridized carbons (Fsp3) is 0.133. The van der Waals surface area contributed by atoms with Crippen LogP contribution in [0.3, 0.4) is 0 Å². The molecule has 0 aromatic heterocycles. The quantitative estimate of drug-likeness (QED) is 0.895. The SMILES string of the molecule is COc1cccc(NC(=O)c2ccccc2)c1C. The zero-order valence-corrected chi connectivity index (χ0v) is 10.4. The number of carbonyl (C=O) groups excluding carboxylic acids is 1. The summed E-state index contributed by atoms with van der Waals surface area (Å²) in [6.07, 6.45) is 0. The van der Waals surface area contributed by atoms with Gasteiger partial charge in [0.2, 0.25) is 0 Å². The minimum atomic E-state index is -0.119. The lowest BCUT2D eigenvalue weighted by Crippen LogP contribution is -2.12. The molecule has 1 amide bonds. The summed E-state index contributed by atoms with van der Waals surface area (Å²) >= 11 is 0. The average molecular weight is 241 g/mol. The molecule has 3 nitrogen and oxygen atoms in total. The largest absolute Gasteiger partial charge is 0.496 e. The van der Waals surface area contributed by atoms with Crippen LogP contribution in [0, 0.1) is 6.92 Å². The minimum Gasteiger partial charge on any atom is -0.496 e. The van der Waals surface area contributed by atoms with Crippen molar-refractivity contribution < 1.29 is 9.53 Å². The first-order valence-corrected chi connectivity index (χ1v) is 5.72. The number of methoxy groups -OCH3 is 1. The van der Waals surface area contributed by atoms with E-state index in [0.29, 0.717) is 5.56 Å². The van der Waals surface area contributed by atoms with Crippen LogP contribution in [0.15, 0.2) is 48.5 Å². The lowest BCUT2D eigenvalue weighted by molar-refractivity contribution is 0.102. The zero-order valence-electron chi connectivity index (χ0n) is 10.4. The van der Waals surface area contributed by atoms with Gasteiger partial charge in [-0.3, -0.25) is 4.79 Å². The highest BCUT2D eigenvalue weighted by Gasteiger charge is 2.09. The number of benzene rings is 2. The second-order valence-corrected chi connectivity index (χ2v) is 3.95. The summed E-state index contributed by atoms with van der Waals surface area (Å²) in [6, 6.07) is 14.7. The van der Waals surface area contributed by atoms with Gasteiger partial charge in [0.15, 0.2) is 0 Å². The van der Waals surface area contributed by atoms with E-state index >= 15 is 0 Å². The van der Waals surface area contributed by atoms with Gasteiger partial charge in [-0.25, -0.2) is 0 Å². The molecule has 3 heteroatoms. The van der Waals surface area contributed by atoms with E-state index in [9.17, 15) is 4.79 Å². The van der Waals surface area contributed by atoms with Crippen molar-refractivity contribution in [3.05, 3.63) is 59.7 Å². The Bertz CT molecular complexity index is 550. The summed E-state index contributed by atoms with van der Waals surface area (Å²) in [4.78, 5) is 12.0. The minimum absolute atomic E-state index is 0.119. The van der Waals surface area contributed by atoms with Crippen LogP contribution in [0.1, 0.15) is 15.9 Å². The van der Waals surface area contributed by atoms with Crippen molar-refractivity contribution >= 4 is 11.6 Å². The molecule has 0 atom stereocenters. The van der Waals surface area contributed by atoms with Crippen molar-refractivity contribution in [2.45, 2.75) is 6.92 Å². The summed E-state index contributed by atoms with van der Waals surface area (Å²) in [6.45, 7) is 1.92. The van der Waals surface area contributed by atoms with E-state index in [2.05, 4.69) is 5.32 Å². The summed E-state index contributed by atoms with van der Waals surface area (Å²) in [5.74, 6) is 0.646. The Hall–Kier alpha value is -2.29. The summed E-state index contributed by atoms with van der Waals surface area (Å²) in [7, 11) is 1.62. The number of amides is 1. The van der Waals surface area contributed by atoms with Gasteiger partial charge in [0.1, 0.15) is 5.75 Å². The van der Waals surface area contributed by atoms with Gasteiger partial charge in [-0.2, -0.15) is 0 Å². The maximum absolute atomic E-state index is 12.0. The standard InChI is InChI=1S/C15H15NO2/c1-11-13(9-6-10-14(11)18-2)16-15(17)12-7-4-3-5-8-12/h3-10H,1-2H3,(H,16,17). The third kappa shape index (κ3) is 2.51. The van der Waals surface area contributed by atoms with E-state index in [1.54, 1.807) is 19.2 Å². The Morgan fingerprint density at radius 2 is 1.78 bits per heavy atom. The third-order valence-corrected chi connectivity index (χ3v) is 2.79. The number of nitrogens with one attached hydrogen (secondary N) is 1. The molecule has 0 heterocycles. The van der Waals surface area contributed by atoms with E-state index in [0.717, 1.165) is 17.0 Å². The van der Waals surface area contributed by atoms with Gasteiger partial charge in [-0.15, -0.1) is 0 Å². The highest BCUT2D eigenvalue weighted by atomic mass is 16.5. The van der Waals surface area contributed by atoms with Crippen molar-refractivity contribution in [1.82, 2.24) is 0 Å². The van der Waals surface area contributed by atoms with E-state index < -0.39 is 0 Å². The molecule has 0 radical (unpaired) electrons. The maximum Gasteiger partial charge on any atom is 0.255 e. The van der Waals surface area contributed by atoms with E-state index in [-0.39, 0.29) is 5.91 Å². The molecule has 0 unspecified atom stereocenters. The average Bonchev–Trinajstić information content (AvgIpc) is 2.42. The van der Waals surface area contributed by atoms with Crippen LogP contribution >= 0.6 is 0 Å². The van der Waals surface area contributed by atoms with E-state index in [1.807, 2.05) is 43.3 Å². The van der Waals surface area contributed by atoms with Gasteiger partial charge in [0, 0.05) is 16.8 Å². The van der Waals surface area contributed by atoms with Crippen LogP contribution in [0.5, 0.6) is 5.75 Å². The molecule has 0 aliphatic carbocycles. The Kier molecular flexibility index (Phi) is 3.63. The molecule has 0 bridgehead atoms. The molecule has 0 saturated heterocycles. The van der Waals surface area contributed by atoms with Crippen molar-refractivity contribution in [3.8, 4) is 5.75 Å². The van der Waals surface area contributed by atoms with Gasteiger partial charge >= 0.3 is 0 Å². The monoisotopic (exact) mass is 241 g/mol. The zero-order chi connectivity index (χ0) is 13.0. The molecule has 2 aromatic carbocycles. The van der Waals surface area contributed by atoms with Crippen LogP contribution in [-0.2, 0) is 0 Å². The smallest absolute Gasteiger partial charge is 0.255 e. The van der Waals surface area contributed by atoms with E-state index in [4.69, 9.17) is 4.74 Å². The summed E-state index contributed by atoms with van der Waals surface area (Å²) < 4.78 is 5.22. The second kappa shape index (κ2) is 5.36. The Balaban J connectivity index is 2.22. The number of carbonyl (C=O) groups is 1. The molecule has 2 rings (SSSR count). The van der Waals surface area contributed by atoms with Crippen molar-refractivity contribution in [2.24, 2.45) is 0 Å². The first kappa shape index (κ1) is 12.2. The molecule has 2 aromatic rings. The van der Waals surface area contributed by atoms with Crippen molar-refractivity contribution in [3.63, 3.8) is 0 Å². The third-order valence-electron chi connectivity index (χ3n) is 2.79. The molecule has 0 saturated carbocycles. The Morgan fingerprint density at radius 1 is 1.06 bits per heavy atom. The van der Waals surface area contributed by atoms with Crippen molar-refractivity contribution in [2.75, 3.05) is 12.4 Å². The number of rotatable bonds is 3. The van der Waals surface area contributed by atoms with Gasteiger partial charge in [-0.05, 0) is 31.2 Å². The molecule has 0 aliphatic heterocycles. The lowest BCUT2D eigenvalue weighted by Gasteiger charge is -2.11. The molecule has 0 aliphatic rings. The summed E-state index contributed by atoms with van der Waals surface area (Å²) in [5.41, 5.74) is 2.33. The lowest BCUT2D eigenvalue weighted by atomic mass is 10.1. The predicted molar refractivity (Wildman–Crippen MR) is 72.1 cm³/mol. The fourth-order valence-corrected chi connectivity index (χ4v) is 1.76. The van der Waals surface area contributed by atoms with Crippen LogP contribution in [-0.4, -0.2) is 13.0 Å². The van der Waals surface area contributed by atoms with Crippen LogP contribution in [0.4, 0.5) is 5.69 Å². The molecular formula is C15H15NO2. The van der Waals surface area contributed by atoms with Gasteiger partial charge in [0.25, 0.3) is 5.91 Å². The second-order valence-electron chi connectivity index (χ2n) is 3.95. The summed E-state index contributed by atoms with van der Waals surface area (Å²) in [5, 5.41) is 2.88. The van der Waals surface area contributed by atoms with Gasteiger partial charge in [0.05, 0.1) is 7.11 Å². The fourth-order valence-electron chi connectivity index (χ4n) is 1.76. The van der Waals surface area contributed by atoms with Gasteiger partial charge < -0.3 is 10.1 Å². The first-order valence-electron chi connectivity index (χ1n) is 5.72. The molecule has 0 fully saturated rings. The van der Waals surface area contributed by atoms with Crippen molar-refractivity contribution in [1.29, 1.82) is 0 Å². The highest BCUT2D eigenvalue weighted by molar-refractivity contribution is 6.04. The topological polar surface area (TPSA) is 38.3 Å². The van der Waals surface area contributed by atoms with Gasteiger partial charge in [-0.1, -0.05) is 24.3 Å². The van der Waals surface area contributed by atoms with E-state index in [1.165, 1.54) is 0 Å². The highest BCUT2D eigenvalue weighted by Crippen LogP contribution is 2.25. The normalized spacial score (nSPS) is 9.89. The number of anilines is 1. The molecule has 92 valence electrons. The predicted octanol–water partition coefficient (Wildman–Crippen LogP) is 3.26. The maximum atomic E-state index is 12.0. The number of hydrogen-bond donors (Lipinski definition) is 1. The first-order chi connectivity index (χ1) is 8.72. The number of hydrogen-bond acceptors (Lipinski definition) is 2. The van der Waals surface area contributed by atoms with Crippen LogP contribution < -0.4 is 10.1 Å². The van der Waals surface area contributed by atoms with Crippen LogP contribution in [0.25, 0.3) is 0 Å². The molecule has 18 heavy (non-hydrogen) atoms.